The standard InChI is InChI=1S/C24H26N4O3S2/c1-4-12-28-21(16-8-6-5-7-9-16)26-27-24(28)32-14-19(29)25-22-20(23(30)31-3)17-11-10-15(2)13-18(17)33-22/h4-9,15H,1,10-14H2,2-3H3,(H,25,29). The van der Waals surface area contributed by atoms with Crippen molar-refractivity contribution in [1.29, 1.82) is 0 Å². The lowest BCUT2D eigenvalue weighted by atomic mass is 9.88. The number of hydrogen-bond acceptors (Lipinski definition) is 7. The van der Waals surface area contributed by atoms with Gasteiger partial charge in [-0.3, -0.25) is 9.36 Å². The number of nitrogens with one attached hydrogen (secondary N) is 1. The summed E-state index contributed by atoms with van der Waals surface area (Å²) in [6.45, 7) is 6.56. The Morgan fingerprint density at radius 2 is 2.12 bits per heavy atom. The fraction of sp³-hybridized carbons (Fsp3) is 0.333. The Hall–Kier alpha value is -2.91. The largest absolute Gasteiger partial charge is 0.465 e. The molecular weight excluding hydrogens is 456 g/mol. The van der Waals surface area contributed by atoms with Gasteiger partial charge in [0.1, 0.15) is 5.00 Å². The summed E-state index contributed by atoms with van der Waals surface area (Å²) in [6.07, 6.45) is 4.55. The maximum Gasteiger partial charge on any atom is 0.341 e. The van der Waals surface area contributed by atoms with Crippen molar-refractivity contribution in [3.63, 3.8) is 0 Å². The molecular formula is C24H26N4O3S2. The van der Waals surface area contributed by atoms with Gasteiger partial charge < -0.3 is 10.1 Å². The topological polar surface area (TPSA) is 86.1 Å². The highest BCUT2D eigenvalue weighted by Gasteiger charge is 2.29. The number of aromatic nitrogens is 3. The van der Waals surface area contributed by atoms with Crippen LogP contribution >= 0.6 is 23.1 Å². The molecule has 1 aromatic carbocycles. The van der Waals surface area contributed by atoms with Crippen LogP contribution in [0.25, 0.3) is 11.4 Å². The van der Waals surface area contributed by atoms with Gasteiger partial charge in [-0.2, -0.15) is 0 Å². The molecule has 0 radical (unpaired) electrons. The number of amides is 1. The predicted molar refractivity (Wildman–Crippen MR) is 132 cm³/mol. The molecule has 0 fully saturated rings. The highest BCUT2D eigenvalue weighted by atomic mass is 32.2. The number of allylic oxidation sites excluding steroid dienone is 1. The van der Waals surface area contributed by atoms with E-state index in [0.29, 0.717) is 28.2 Å². The molecule has 7 nitrogen and oxygen atoms in total. The number of hydrogen-bond donors (Lipinski definition) is 1. The Balaban J connectivity index is 1.50. The maximum atomic E-state index is 12.8. The van der Waals surface area contributed by atoms with Gasteiger partial charge in [0, 0.05) is 17.0 Å². The minimum Gasteiger partial charge on any atom is -0.465 e. The molecule has 3 aromatic rings. The number of benzene rings is 1. The number of nitrogens with zero attached hydrogens (tertiary/aromatic N) is 3. The van der Waals surface area contributed by atoms with Gasteiger partial charge in [0.25, 0.3) is 0 Å². The van der Waals surface area contributed by atoms with Gasteiger partial charge in [-0.15, -0.1) is 28.1 Å². The Labute approximate surface area is 201 Å². The first-order valence-electron chi connectivity index (χ1n) is 10.8. The van der Waals surface area contributed by atoms with Gasteiger partial charge in [0.15, 0.2) is 11.0 Å². The molecule has 9 heteroatoms. The molecule has 1 aliphatic rings. The number of rotatable bonds is 8. The molecule has 0 saturated heterocycles. The Bertz CT molecular complexity index is 1170. The zero-order valence-corrected chi connectivity index (χ0v) is 20.3. The maximum absolute atomic E-state index is 12.8. The van der Waals surface area contributed by atoms with Crippen molar-refractivity contribution in [2.24, 2.45) is 5.92 Å². The summed E-state index contributed by atoms with van der Waals surface area (Å²) in [5.41, 5.74) is 2.47. The highest BCUT2D eigenvalue weighted by molar-refractivity contribution is 7.99. The van der Waals surface area contributed by atoms with Gasteiger partial charge in [0.05, 0.1) is 18.4 Å². The molecule has 33 heavy (non-hydrogen) atoms. The molecule has 2 heterocycles. The zero-order chi connectivity index (χ0) is 23.4. The lowest BCUT2D eigenvalue weighted by Gasteiger charge is -2.18. The van der Waals surface area contributed by atoms with E-state index in [2.05, 4.69) is 29.0 Å². The average Bonchev–Trinajstić information content (AvgIpc) is 3.38. The lowest BCUT2D eigenvalue weighted by molar-refractivity contribution is -0.113. The summed E-state index contributed by atoms with van der Waals surface area (Å²) in [5.74, 6) is 0.834. The van der Waals surface area contributed by atoms with E-state index in [-0.39, 0.29) is 11.7 Å². The molecule has 1 unspecified atom stereocenters. The van der Waals surface area contributed by atoms with Gasteiger partial charge in [-0.25, -0.2) is 4.79 Å². The number of fused-ring (bicyclic) bond motifs is 1. The second-order valence-corrected chi connectivity index (χ2v) is 10.0. The number of anilines is 1. The summed E-state index contributed by atoms with van der Waals surface area (Å²) in [4.78, 5) is 26.4. The normalized spacial score (nSPS) is 15.0. The SMILES string of the molecule is C=CCn1c(SCC(=O)Nc2sc3c(c2C(=O)OC)CCC(C)C3)nnc1-c1ccccc1. The van der Waals surface area contributed by atoms with Crippen LogP contribution < -0.4 is 5.32 Å². The van der Waals surface area contributed by atoms with E-state index in [1.54, 1.807) is 6.08 Å². The third-order valence-electron chi connectivity index (χ3n) is 5.55. The number of carbonyl (C=O) groups is 2. The highest BCUT2D eigenvalue weighted by Crippen LogP contribution is 2.40. The van der Waals surface area contributed by atoms with Crippen LogP contribution in [0.15, 0.2) is 48.1 Å². The van der Waals surface area contributed by atoms with Crippen molar-refractivity contribution in [3.05, 3.63) is 59.0 Å². The molecule has 0 saturated carbocycles. The van der Waals surface area contributed by atoms with Crippen LogP contribution in [0.1, 0.15) is 34.1 Å². The van der Waals surface area contributed by atoms with E-state index >= 15 is 0 Å². The zero-order valence-electron chi connectivity index (χ0n) is 18.7. The number of thioether (sulfide) groups is 1. The van der Waals surface area contributed by atoms with E-state index in [1.165, 1.54) is 30.2 Å². The first-order chi connectivity index (χ1) is 16.0. The van der Waals surface area contributed by atoms with Crippen LogP contribution in [-0.2, 0) is 28.9 Å². The number of methoxy groups -OCH3 is 1. The van der Waals surface area contributed by atoms with Crippen LogP contribution in [0.5, 0.6) is 0 Å². The second kappa shape index (κ2) is 10.4. The predicted octanol–water partition coefficient (Wildman–Crippen LogP) is 4.83. The van der Waals surface area contributed by atoms with E-state index in [0.717, 1.165) is 41.1 Å². The van der Waals surface area contributed by atoms with Crippen LogP contribution in [0, 0.1) is 5.92 Å². The summed E-state index contributed by atoms with van der Waals surface area (Å²) in [5, 5.41) is 12.8. The molecule has 0 aliphatic heterocycles. The molecule has 2 aromatic heterocycles. The third kappa shape index (κ3) is 5.04. The fourth-order valence-corrected chi connectivity index (χ4v) is 6.10. The molecule has 172 valence electrons. The van der Waals surface area contributed by atoms with E-state index in [1.807, 2.05) is 34.9 Å². The Morgan fingerprint density at radius 1 is 1.33 bits per heavy atom. The van der Waals surface area contributed by atoms with Crippen LogP contribution in [-0.4, -0.2) is 39.5 Å². The van der Waals surface area contributed by atoms with Crippen molar-refractivity contribution in [2.75, 3.05) is 18.2 Å². The fourth-order valence-electron chi connectivity index (χ4n) is 3.94. The summed E-state index contributed by atoms with van der Waals surface area (Å²) in [7, 11) is 1.37. The van der Waals surface area contributed by atoms with Crippen LogP contribution in [0.2, 0.25) is 0 Å². The van der Waals surface area contributed by atoms with Crippen molar-refractivity contribution in [1.82, 2.24) is 14.8 Å². The molecule has 4 rings (SSSR count). The first-order valence-corrected chi connectivity index (χ1v) is 12.6. The minimum atomic E-state index is -0.400. The van der Waals surface area contributed by atoms with E-state index < -0.39 is 5.97 Å². The molecule has 0 spiro atoms. The number of carbonyl (C=O) groups excluding carboxylic acids is 2. The van der Waals surface area contributed by atoms with Crippen molar-refractivity contribution >= 4 is 40.0 Å². The van der Waals surface area contributed by atoms with E-state index in [4.69, 9.17) is 4.74 Å². The van der Waals surface area contributed by atoms with Gasteiger partial charge in [0.2, 0.25) is 5.91 Å². The summed E-state index contributed by atoms with van der Waals surface area (Å²) in [6, 6.07) is 9.78. The Kier molecular flexibility index (Phi) is 7.29. The van der Waals surface area contributed by atoms with Crippen molar-refractivity contribution in [2.45, 2.75) is 37.9 Å². The van der Waals surface area contributed by atoms with Crippen molar-refractivity contribution < 1.29 is 14.3 Å². The number of thiophene rings is 1. The summed E-state index contributed by atoms with van der Waals surface area (Å²) >= 11 is 2.79. The molecule has 1 atom stereocenters. The molecule has 1 amide bonds. The van der Waals surface area contributed by atoms with E-state index in [9.17, 15) is 9.59 Å². The van der Waals surface area contributed by atoms with Gasteiger partial charge >= 0.3 is 5.97 Å². The third-order valence-corrected chi connectivity index (χ3v) is 7.68. The van der Waals surface area contributed by atoms with Gasteiger partial charge in [-0.05, 0) is 30.7 Å². The van der Waals surface area contributed by atoms with Crippen molar-refractivity contribution in [3.8, 4) is 11.4 Å². The molecule has 1 N–H and O–H groups in total. The summed E-state index contributed by atoms with van der Waals surface area (Å²) < 4.78 is 6.94. The average molecular weight is 483 g/mol. The Morgan fingerprint density at radius 3 is 2.85 bits per heavy atom. The molecule has 1 aliphatic carbocycles. The monoisotopic (exact) mass is 482 g/mol. The smallest absolute Gasteiger partial charge is 0.341 e. The minimum absolute atomic E-state index is 0.143. The first kappa shape index (κ1) is 23.3. The molecule has 0 bridgehead atoms. The number of ether oxygens (including phenoxy) is 1. The van der Waals surface area contributed by atoms with Crippen LogP contribution in [0.3, 0.4) is 0 Å². The quantitative estimate of drug-likeness (QED) is 0.281. The number of esters is 1. The van der Waals surface area contributed by atoms with Gasteiger partial charge in [-0.1, -0.05) is 55.1 Å². The second-order valence-electron chi connectivity index (χ2n) is 7.96. The lowest BCUT2D eigenvalue weighted by Crippen LogP contribution is -2.17. The van der Waals surface area contributed by atoms with Crippen LogP contribution in [0.4, 0.5) is 5.00 Å².